The summed E-state index contributed by atoms with van der Waals surface area (Å²) in [6.45, 7) is 3.80. The highest BCUT2D eigenvalue weighted by atomic mass is 35.5. The molecule has 0 saturated heterocycles. The number of hydrogen-bond acceptors (Lipinski definition) is 2. The molecule has 0 saturated carbocycles. The first-order chi connectivity index (χ1) is 9.47. The van der Waals surface area contributed by atoms with Gasteiger partial charge in [0.2, 0.25) is 11.8 Å². The topological polar surface area (TPSA) is 58.2 Å². The zero-order valence-electron chi connectivity index (χ0n) is 11.5. The summed E-state index contributed by atoms with van der Waals surface area (Å²) >= 11 is 11.8. The highest BCUT2D eigenvalue weighted by molar-refractivity contribution is 6.35. The lowest BCUT2D eigenvalue weighted by atomic mass is 10.0. The minimum atomic E-state index is -0.339. The minimum absolute atomic E-state index is 0.0578. The van der Waals surface area contributed by atoms with Crippen LogP contribution in [-0.2, 0) is 9.59 Å². The standard InChI is InChI=1S/C14H18Cl2N2O2/c1-3-9(4-2)14(20)17-8-13(19)18-12-7-10(15)5-6-11(12)16/h5-7,9H,3-4,8H2,1-2H3,(H,17,20)(H,18,19). The highest BCUT2D eigenvalue weighted by Gasteiger charge is 2.15. The summed E-state index contributed by atoms with van der Waals surface area (Å²) in [5.74, 6) is -0.506. The molecule has 0 unspecified atom stereocenters. The van der Waals surface area contributed by atoms with Crippen molar-refractivity contribution < 1.29 is 9.59 Å². The molecule has 4 nitrogen and oxygen atoms in total. The number of carbonyl (C=O) groups is 2. The Morgan fingerprint density at radius 3 is 2.45 bits per heavy atom. The van der Waals surface area contributed by atoms with Gasteiger partial charge in [0.1, 0.15) is 0 Å². The van der Waals surface area contributed by atoms with Gasteiger partial charge in [-0.2, -0.15) is 0 Å². The molecule has 1 aromatic rings. The van der Waals surface area contributed by atoms with Crippen LogP contribution in [0.15, 0.2) is 18.2 Å². The third-order valence-electron chi connectivity index (χ3n) is 2.98. The monoisotopic (exact) mass is 316 g/mol. The van der Waals surface area contributed by atoms with Gasteiger partial charge in [0.05, 0.1) is 17.3 Å². The predicted octanol–water partition coefficient (Wildman–Crippen LogP) is 3.48. The molecule has 20 heavy (non-hydrogen) atoms. The van der Waals surface area contributed by atoms with E-state index in [9.17, 15) is 9.59 Å². The van der Waals surface area contributed by atoms with Crippen LogP contribution in [0.2, 0.25) is 10.0 Å². The lowest BCUT2D eigenvalue weighted by Crippen LogP contribution is -2.36. The van der Waals surface area contributed by atoms with E-state index in [1.165, 1.54) is 0 Å². The van der Waals surface area contributed by atoms with Gasteiger partial charge in [-0.25, -0.2) is 0 Å². The lowest BCUT2D eigenvalue weighted by Gasteiger charge is -2.13. The Bertz CT molecular complexity index is 488. The summed E-state index contributed by atoms with van der Waals surface area (Å²) in [5, 5.41) is 6.10. The number of benzene rings is 1. The van der Waals surface area contributed by atoms with E-state index in [4.69, 9.17) is 23.2 Å². The third kappa shape index (κ3) is 5.02. The Balaban J connectivity index is 2.52. The maximum absolute atomic E-state index is 11.8. The summed E-state index contributed by atoms with van der Waals surface area (Å²) in [7, 11) is 0. The van der Waals surface area contributed by atoms with Crippen molar-refractivity contribution in [2.45, 2.75) is 26.7 Å². The first-order valence-electron chi connectivity index (χ1n) is 6.50. The van der Waals surface area contributed by atoms with Crippen molar-refractivity contribution in [3.63, 3.8) is 0 Å². The molecule has 0 aliphatic rings. The van der Waals surface area contributed by atoms with Crippen LogP contribution < -0.4 is 10.6 Å². The van der Waals surface area contributed by atoms with Gasteiger partial charge in [0.25, 0.3) is 0 Å². The maximum atomic E-state index is 11.8. The van der Waals surface area contributed by atoms with Crippen molar-refractivity contribution in [3.8, 4) is 0 Å². The van der Waals surface area contributed by atoms with Crippen LogP contribution in [0.4, 0.5) is 5.69 Å². The number of carbonyl (C=O) groups excluding carboxylic acids is 2. The molecule has 0 aliphatic carbocycles. The second-order valence-electron chi connectivity index (χ2n) is 4.40. The zero-order valence-corrected chi connectivity index (χ0v) is 13.0. The summed E-state index contributed by atoms with van der Waals surface area (Å²) < 4.78 is 0. The average Bonchev–Trinajstić information content (AvgIpc) is 2.42. The molecule has 110 valence electrons. The summed E-state index contributed by atoms with van der Waals surface area (Å²) in [4.78, 5) is 23.5. The van der Waals surface area contributed by atoms with Crippen molar-refractivity contribution >= 4 is 40.7 Å². The van der Waals surface area contributed by atoms with Crippen molar-refractivity contribution in [2.24, 2.45) is 5.92 Å². The van der Waals surface area contributed by atoms with E-state index < -0.39 is 0 Å². The van der Waals surface area contributed by atoms with Crippen molar-refractivity contribution in [1.82, 2.24) is 5.32 Å². The van der Waals surface area contributed by atoms with Gasteiger partial charge < -0.3 is 10.6 Å². The quantitative estimate of drug-likeness (QED) is 0.844. The molecule has 0 aliphatic heterocycles. The van der Waals surface area contributed by atoms with E-state index in [1.807, 2.05) is 13.8 Å². The smallest absolute Gasteiger partial charge is 0.243 e. The fraction of sp³-hybridized carbons (Fsp3) is 0.429. The molecule has 2 N–H and O–H groups in total. The molecule has 0 bridgehead atoms. The van der Waals surface area contributed by atoms with Gasteiger partial charge in [0.15, 0.2) is 0 Å². The third-order valence-corrected chi connectivity index (χ3v) is 3.55. The SMILES string of the molecule is CCC(CC)C(=O)NCC(=O)Nc1cc(Cl)ccc1Cl. The zero-order chi connectivity index (χ0) is 15.1. The Morgan fingerprint density at radius 2 is 1.85 bits per heavy atom. The van der Waals surface area contributed by atoms with E-state index >= 15 is 0 Å². The molecular weight excluding hydrogens is 299 g/mol. The highest BCUT2D eigenvalue weighted by Crippen LogP contribution is 2.25. The van der Waals surface area contributed by atoms with Crippen LogP contribution in [0.1, 0.15) is 26.7 Å². The van der Waals surface area contributed by atoms with Crippen LogP contribution in [-0.4, -0.2) is 18.4 Å². The van der Waals surface area contributed by atoms with Crippen LogP contribution in [0.25, 0.3) is 0 Å². The normalized spacial score (nSPS) is 10.4. The largest absolute Gasteiger partial charge is 0.347 e. The van der Waals surface area contributed by atoms with Crippen LogP contribution in [0, 0.1) is 5.92 Å². The minimum Gasteiger partial charge on any atom is -0.347 e. The molecule has 0 spiro atoms. The molecule has 0 heterocycles. The maximum Gasteiger partial charge on any atom is 0.243 e. The number of amides is 2. The summed E-state index contributed by atoms with van der Waals surface area (Å²) in [5.41, 5.74) is 0.431. The number of halogens is 2. The van der Waals surface area contributed by atoms with Crippen molar-refractivity contribution in [3.05, 3.63) is 28.2 Å². The van der Waals surface area contributed by atoms with Crippen molar-refractivity contribution in [1.29, 1.82) is 0 Å². The molecule has 1 aromatic carbocycles. The first-order valence-corrected chi connectivity index (χ1v) is 7.26. The number of nitrogens with one attached hydrogen (secondary N) is 2. The fourth-order valence-electron chi connectivity index (χ4n) is 1.76. The fourth-order valence-corrected chi connectivity index (χ4v) is 2.10. The molecule has 6 heteroatoms. The predicted molar refractivity (Wildman–Crippen MR) is 82.2 cm³/mol. The molecule has 0 fully saturated rings. The summed E-state index contributed by atoms with van der Waals surface area (Å²) in [6, 6.07) is 4.79. The van der Waals surface area contributed by atoms with E-state index in [0.29, 0.717) is 15.7 Å². The second kappa shape index (κ2) is 8.12. The Morgan fingerprint density at radius 1 is 1.20 bits per heavy atom. The number of rotatable bonds is 6. The van der Waals surface area contributed by atoms with Crippen LogP contribution in [0.5, 0.6) is 0 Å². The van der Waals surface area contributed by atoms with Crippen LogP contribution >= 0.6 is 23.2 Å². The Labute approximate surface area is 128 Å². The Hall–Kier alpha value is -1.26. The van der Waals surface area contributed by atoms with Crippen LogP contribution in [0.3, 0.4) is 0 Å². The van der Waals surface area contributed by atoms with Gasteiger partial charge in [-0.3, -0.25) is 9.59 Å². The lowest BCUT2D eigenvalue weighted by molar-refractivity contribution is -0.127. The van der Waals surface area contributed by atoms with E-state index in [-0.39, 0.29) is 24.3 Å². The van der Waals surface area contributed by atoms with Gasteiger partial charge >= 0.3 is 0 Å². The van der Waals surface area contributed by atoms with Crippen molar-refractivity contribution in [2.75, 3.05) is 11.9 Å². The Kier molecular flexibility index (Phi) is 6.82. The molecular formula is C14H18Cl2N2O2. The molecule has 0 radical (unpaired) electrons. The average molecular weight is 317 g/mol. The van der Waals surface area contributed by atoms with Gasteiger partial charge in [-0.15, -0.1) is 0 Å². The molecule has 1 rings (SSSR count). The van der Waals surface area contributed by atoms with E-state index in [0.717, 1.165) is 12.8 Å². The second-order valence-corrected chi connectivity index (χ2v) is 5.25. The summed E-state index contributed by atoms with van der Waals surface area (Å²) in [6.07, 6.45) is 1.51. The molecule has 2 amide bonds. The number of hydrogen-bond donors (Lipinski definition) is 2. The van der Waals surface area contributed by atoms with E-state index in [1.54, 1.807) is 18.2 Å². The first kappa shape index (κ1) is 16.8. The van der Waals surface area contributed by atoms with Gasteiger partial charge in [-0.1, -0.05) is 37.0 Å². The van der Waals surface area contributed by atoms with E-state index in [2.05, 4.69) is 10.6 Å². The van der Waals surface area contributed by atoms with Gasteiger partial charge in [-0.05, 0) is 31.0 Å². The molecule has 0 aromatic heterocycles. The molecule has 0 atom stereocenters. The number of anilines is 1. The van der Waals surface area contributed by atoms with Gasteiger partial charge in [0, 0.05) is 10.9 Å².